The van der Waals surface area contributed by atoms with Gasteiger partial charge in [0, 0.05) is 10.9 Å². The molecule has 3 nitrogen and oxygen atoms in total. The Morgan fingerprint density at radius 2 is 1.94 bits per heavy atom. The number of carbonyl (C=O) groups is 2. The largest absolute Gasteiger partial charge is 0.463 e. The first-order valence-corrected chi connectivity index (χ1v) is 5.39. The highest BCUT2D eigenvalue weighted by Gasteiger charge is 2.46. The van der Waals surface area contributed by atoms with Crippen LogP contribution in [0.3, 0.4) is 0 Å². The van der Waals surface area contributed by atoms with Crippen LogP contribution in [-0.2, 0) is 14.3 Å². The molecule has 0 aliphatic heterocycles. The number of carbonyl (C=O) groups excluding carboxylic acids is 2. The zero-order valence-corrected chi connectivity index (χ0v) is 9.53. The second-order valence-electron chi connectivity index (χ2n) is 3.86. The minimum atomic E-state index is -0.749. The third kappa shape index (κ3) is 2.09. The van der Waals surface area contributed by atoms with Gasteiger partial charge in [-0.15, -0.1) is 0 Å². The van der Waals surface area contributed by atoms with Crippen molar-refractivity contribution < 1.29 is 14.3 Å². The van der Waals surface area contributed by atoms with Crippen LogP contribution in [0.25, 0.3) is 0 Å². The molecule has 0 bridgehead atoms. The van der Waals surface area contributed by atoms with Gasteiger partial charge in [-0.1, -0.05) is 23.7 Å². The minimum Gasteiger partial charge on any atom is -0.463 e. The lowest BCUT2D eigenvalue weighted by molar-refractivity contribution is -0.152. The molecule has 0 aromatic heterocycles. The van der Waals surface area contributed by atoms with Crippen LogP contribution in [0.4, 0.5) is 0 Å². The van der Waals surface area contributed by atoms with Gasteiger partial charge in [-0.3, -0.25) is 4.79 Å². The Kier molecular flexibility index (Phi) is 2.97. The molecule has 1 fully saturated rings. The SMILES string of the molecule is COC(=O)C(=O)C1C[C@H]1c1ccc(Cl)cc1. The van der Waals surface area contributed by atoms with Gasteiger partial charge in [-0.05, 0) is 30.0 Å². The number of benzene rings is 1. The molecule has 16 heavy (non-hydrogen) atoms. The van der Waals surface area contributed by atoms with Crippen molar-refractivity contribution in [3.05, 3.63) is 34.9 Å². The molecule has 0 N–H and O–H groups in total. The van der Waals surface area contributed by atoms with Gasteiger partial charge in [-0.2, -0.15) is 0 Å². The van der Waals surface area contributed by atoms with Crippen LogP contribution in [0.15, 0.2) is 24.3 Å². The monoisotopic (exact) mass is 238 g/mol. The highest BCUT2D eigenvalue weighted by Crippen LogP contribution is 2.48. The lowest BCUT2D eigenvalue weighted by atomic mass is 10.1. The molecule has 4 heteroatoms. The Balaban J connectivity index is 2.04. The second-order valence-corrected chi connectivity index (χ2v) is 4.29. The van der Waals surface area contributed by atoms with E-state index in [1.807, 2.05) is 12.1 Å². The average Bonchev–Trinajstić information content (AvgIpc) is 3.08. The number of Topliss-reactive ketones (excluding diaryl/α,β-unsaturated/α-hetero) is 1. The molecular weight excluding hydrogens is 228 g/mol. The lowest BCUT2D eigenvalue weighted by Crippen LogP contribution is -2.17. The Bertz CT molecular complexity index is 424. The van der Waals surface area contributed by atoms with Crippen molar-refractivity contribution >= 4 is 23.4 Å². The van der Waals surface area contributed by atoms with Crippen LogP contribution in [0.5, 0.6) is 0 Å². The van der Waals surface area contributed by atoms with Gasteiger partial charge in [0.05, 0.1) is 7.11 Å². The first-order valence-electron chi connectivity index (χ1n) is 5.01. The Hall–Kier alpha value is -1.35. The first kappa shape index (κ1) is 11.1. The number of ketones is 1. The van der Waals surface area contributed by atoms with E-state index in [4.69, 9.17) is 11.6 Å². The highest BCUT2D eigenvalue weighted by atomic mass is 35.5. The summed E-state index contributed by atoms with van der Waals surface area (Å²) in [6.07, 6.45) is 0.718. The molecule has 1 saturated carbocycles. The van der Waals surface area contributed by atoms with Crippen LogP contribution in [0, 0.1) is 5.92 Å². The third-order valence-corrected chi connectivity index (χ3v) is 3.06. The van der Waals surface area contributed by atoms with Gasteiger partial charge in [0.1, 0.15) is 0 Å². The van der Waals surface area contributed by atoms with Gasteiger partial charge in [0.15, 0.2) is 0 Å². The fourth-order valence-electron chi connectivity index (χ4n) is 1.82. The van der Waals surface area contributed by atoms with Gasteiger partial charge in [0.2, 0.25) is 5.78 Å². The molecule has 84 valence electrons. The van der Waals surface area contributed by atoms with E-state index >= 15 is 0 Å². The summed E-state index contributed by atoms with van der Waals surface area (Å²) < 4.78 is 4.41. The molecule has 1 aromatic carbocycles. The first-order chi connectivity index (χ1) is 7.63. The highest BCUT2D eigenvalue weighted by molar-refractivity contribution is 6.35. The van der Waals surface area contributed by atoms with E-state index in [0.29, 0.717) is 5.02 Å². The normalized spacial score (nSPS) is 22.6. The smallest absolute Gasteiger partial charge is 0.374 e. The topological polar surface area (TPSA) is 43.4 Å². The number of halogens is 1. The summed E-state index contributed by atoms with van der Waals surface area (Å²) in [5.41, 5.74) is 1.05. The molecule has 0 radical (unpaired) electrons. The van der Waals surface area contributed by atoms with Crippen LogP contribution in [0.1, 0.15) is 17.9 Å². The average molecular weight is 239 g/mol. The molecule has 2 rings (SSSR count). The van der Waals surface area contributed by atoms with E-state index in [9.17, 15) is 9.59 Å². The predicted molar refractivity (Wildman–Crippen MR) is 59.3 cm³/mol. The van der Waals surface area contributed by atoms with Crippen molar-refractivity contribution in [2.75, 3.05) is 7.11 Å². The maximum atomic E-state index is 11.5. The molecule has 0 amide bonds. The molecule has 0 saturated heterocycles. The number of rotatable bonds is 3. The minimum absolute atomic E-state index is 0.142. The van der Waals surface area contributed by atoms with Gasteiger partial charge >= 0.3 is 5.97 Å². The van der Waals surface area contributed by atoms with Gasteiger partial charge < -0.3 is 4.74 Å². The third-order valence-electron chi connectivity index (χ3n) is 2.81. The van der Waals surface area contributed by atoms with Crippen LogP contribution in [0.2, 0.25) is 5.02 Å². The van der Waals surface area contributed by atoms with Crippen molar-refractivity contribution in [3.8, 4) is 0 Å². The van der Waals surface area contributed by atoms with Gasteiger partial charge in [0.25, 0.3) is 0 Å². The maximum absolute atomic E-state index is 11.5. The number of hydrogen-bond acceptors (Lipinski definition) is 3. The van der Waals surface area contributed by atoms with E-state index in [0.717, 1.165) is 12.0 Å². The Morgan fingerprint density at radius 3 is 2.50 bits per heavy atom. The van der Waals surface area contributed by atoms with Crippen LogP contribution >= 0.6 is 11.6 Å². The molecule has 0 spiro atoms. The van der Waals surface area contributed by atoms with Crippen molar-refractivity contribution in [3.63, 3.8) is 0 Å². The molecule has 1 aromatic rings. The standard InChI is InChI=1S/C12H11ClO3/c1-16-12(15)11(14)10-6-9(10)7-2-4-8(13)5-3-7/h2-5,9-10H,6H2,1H3/t9-,10?/m0/s1. The molecule has 2 atom stereocenters. The summed E-state index contributed by atoms with van der Waals surface area (Å²) in [4.78, 5) is 22.5. The molecule has 0 heterocycles. The molecule has 1 aliphatic carbocycles. The maximum Gasteiger partial charge on any atom is 0.374 e. The molecule has 1 unspecified atom stereocenters. The summed E-state index contributed by atoms with van der Waals surface area (Å²) in [6, 6.07) is 7.35. The Morgan fingerprint density at radius 1 is 1.31 bits per heavy atom. The number of hydrogen-bond donors (Lipinski definition) is 0. The van der Waals surface area contributed by atoms with Crippen molar-refractivity contribution in [2.24, 2.45) is 5.92 Å². The zero-order valence-electron chi connectivity index (χ0n) is 8.77. The molecular formula is C12H11ClO3. The van der Waals surface area contributed by atoms with E-state index in [1.54, 1.807) is 12.1 Å². The fourth-order valence-corrected chi connectivity index (χ4v) is 1.94. The summed E-state index contributed by atoms with van der Waals surface area (Å²) in [7, 11) is 1.22. The van der Waals surface area contributed by atoms with Gasteiger partial charge in [-0.25, -0.2) is 4.79 Å². The number of methoxy groups -OCH3 is 1. The summed E-state index contributed by atoms with van der Waals surface area (Å²) >= 11 is 5.77. The summed E-state index contributed by atoms with van der Waals surface area (Å²) in [5, 5.41) is 0.667. The second kappa shape index (κ2) is 4.26. The summed E-state index contributed by atoms with van der Waals surface area (Å²) in [5.74, 6) is -1.25. The van der Waals surface area contributed by atoms with Crippen LogP contribution < -0.4 is 0 Å². The quantitative estimate of drug-likeness (QED) is 0.599. The number of esters is 1. The lowest BCUT2D eigenvalue weighted by Gasteiger charge is -1.99. The number of ether oxygens (including phenoxy) is 1. The molecule has 1 aliphatic rings. The van der Waals surface area contributed by atoms with Crippen LogP contribution in [-0.4, -0.2) is 18.9 Å². The van der Waals surface area contributed by atoms with E-state index in [-0.39, 0.29) is 11.8 Å². The Labute approximate surface area is 98.4 Å². The van der Waals surface area contributed by atoms with Crippen molar-refractivity contribution in [1.82, 2.24) is 0 Å². The summed E-state index contributed by atoms with van der Waals surface area (Å²) in [6.45, 7) is 0. The predicted octanol–water partition coefficient (Wildman–Crippen LogP) is 2.19. The zero-order chi connectivity index (χ0) is 11.7. The van der Waals surface area contributed by atoms with E-state index < -0.39 is 11.8 Å². The van der Waals surface area contributed by atoms with E-state index in [2.05, 4.69) is 4.74 Å². The van der Waals surface area contributed by atoms with Crippen molar-refractivity contribution in [2.45, 2.75) is 12.3 Å². The fraction of sp³-hybridized carbons (Fsp3) is 0.333. The van der Waals surface area contributed by atoms with Crippen molar-refractivity contribution in [1.29, 1.82) is 0 Å². The van der Waals surface area contributed by atoms with E-state index in [1.165, 1.54) is 7.11 Å².